The summed E-state index contributed by atoms with van der Waals surface area (Å²) < 4.78 is 17.2. The van der Waals surface area contributed by atoms with Crippen molar-refractivity contribution >= 4 is 33.3 Å². The Bertz CT molecular complexity index is 929. The number of hydrogen-bond donors (Lipinski definition) is 1. The first kappa shape index (κ1) is 17.3. The summed E-state index contributed by atoms with van der Waals surface area (Å²) >= 11 is 6.18. The Balaban J connectivity index is 1.60. The van der Waals surface area contributed by atoms with Gasteiger partial charge in [0.2, 0.25) is 0 Å². The fourth-order valence-electron chi connectivity index (χ4n) is 3.16. The maximum absolute atomic E-state index is 6.18. The van der Waals surface area contributed by atoms with E-state index in [0.29, 0.717) is 23.3 Å². The highest BCUT2D eigenvalue weighted by Crippen LogP contribution is 2.35. The third-order valence-electron chi connectivity index (χ3n) is 4.53. The van der Waals surface area contributed by atoms with Gasteiger partial charge in [0.25, 0.3) is 0 Å². The molecule has 0 spiro atoms. The molecule has 1 N–H and O–H groups in total. The average Bonchev–Trinajstić information content (AvgIpc) is 2.67. The van der Waals surface area contributed by atoms with Crippen LogP contribution in [0.15, 0.2) is 30.6 Å². The zero-order valence-corrected chi connectivity index (χ0v) is 15.3. The van der Waals surface area contributed by atoms with Crippen LogP contribution in [0.4, 0.5) is 0 Å². The molecule has 2 aromatic carbocycles. The molecule has 1 fully saturated rings. The molecule has 6 nitrogen and oxygen atoms in total. The van der Waals surface area contributed by atoms with Gasteiger partial charge < -0.3 is 19.5 Å². The molecule has 136 valence electrons. The third kappa shape index (κ3) is 3.53. The average molecular weight is 374 g/mol. The van der Waals surface area contributed by atoms with Gasteiger partial charge in [-0.25, -0.2) is 9.97 Å². The molecule has 7 heteroatoms. The first-order valence-corrected chi connectivity index (χ1v) is 8.99. The van der Waals surface area contributed by atoms with E-state index in [1.807, 2.05) is 24.3 Å². The molecular weight excluding hydrogens is 354 g/mol. The zero-order chi connectivity index (χ0) is 17.9. The van der Waals surface area contributed by atoms with E-state index in [1.54, 1.807) is 7.11 Å². The number of fused-ring (bicyclic) bond motifs is 2. The van der Waals surface area contributed by atoms with E-state index in [0.717, 1.165) is 47.8 Å². The number of hydrogen-bond acceptors (Lipinski definition) is 6. The maximum atomic E-state index is 6.18. The van der Waals surface area contributed by atoms with Gasteiger partial charge in [0.05, 0.1) is 31.9 Å². The van der Waals surface area contributed by atoms with Gasteiger partial charge in [-0.2, -0.15) is 0 Å². The van der Waals surface area contributed by atoms with E-state index in [2.05, 4.69) is 15.3 Å². The quantitative estimate of drug-likeness (QED) is 0.547. The van der Waals surface area contributed by atoms with Gasteiger partial charge in [0.15, 0.2) is 11.5 Å². The van der Waals surface area contributed by atoms with E-state index < -0.39 is 0 Å². The van der Waals surface area contributed by atoms with Gasteiger partial charge in [-0.3, -0.25) is 0 Å². The number of ether oxygens (including phenoxy) is 3. The molecule has 1 unspecified atom stereocenters. The lowest BCUT2D eigenvalue weighted by atomic mass is 10.1. The van der Waals surface area contributed by atoms with Crippen LogP contribution in [-0.4, -0.2) is 49.5 Å². The minimum Gasteiger partial charge on any atom is -0.493 e. The molecule has 1 saturated heterocycles. The van der Waals surface area contributed by atoms with Crippen molar-refractivity contribution in [2.45, 2.75) is 12.5 Å². The second kappa shape index (κ2) is 7.61. The highest BCUT2D eigenvalue weighted by Gasteiger charge is 2.14. The first-order chi connectivity index (χ1) is 12.7. The minimum atomic E-state index is 0.193. The molecule has 1 aliphatic heterocycles. The molecule has 0 bridgehead atoms. The molecule has 2 heterocycles. The van der Waals surface area contributed by atoms with E-state index in [4.69, 9.17) is 25.8 Å². The summed E-state index contributed by atoms with van der Waals surface area (Å²) in [4.78, 5) is 8.34. The number of aromatic nitrogens is 2. The third-order valence-corrected chi connectivity index (χ3v) is 4.83. The Hall–Kier alpha value is -2.15. The highest BCUT2D eigenvalue weighted by atomic mass is 35.5. The van der Waals surface area contributed by atoms with Crippen LogP contribution in [0.5, 0.6) is 11.5 Å². The van der Waals surface area contributed by atoms with Crippen LogP contribution in [-0.2, 0) is 4.74 Å². The van der Waals surface area contributed by atoms with Crippen LogP contribution in [0.1, 0.15) is 6.42 Å². The summed E-state index contributed by atoms with van der Waals surface area (Å²) in [6.45, 7) is 3.10. The number of benzene rings is 2. The van der Waals surface area contributed by atoms with Crippen LogP contribution in [0, 0.1) is 0 Å². The second-order valence-corrected chi connectivity index (χ2v) is 6.58. The van der Waals surface area contributed by atoms with Crippen molar-refractivity contribution in [1.29, 1.82) is 0 Å². The normalized spacial score (nSPS) is 17.5. The van der Waals surface area contributed by atoms with E-state index in [-0.39, 0.29) is 6.10 Å². The molecule has 0 saturated carbocycles. The van der Waals surface area contributed by atoms with Crippen LogP contribution in [0.25, 0.3) is 21.7 Å². The predicted molar refractivity (Wildman–Crippen MR) is 101 cm³/mol. The molecule has 4 rings (SSSR count). The van der Waals surface area contributed by atoms with E-state index in [1.165, 1.54) is 6.33 Å². The first-order valence-electron chi connectivity index (χ1n) is 8.62. The van der Waals surface area contributed by atoms with Gasteiger partial charge in [-0.15, -0.1) is 0 Å². The summed E-state index contributed by atoms with van der Waals surface area (Å²) in [5.74, 6) is 1.40. The lowest BCUT2D eigenvalue weighted by Crippen LogP contribution is -2.39. The lowest BCUT2D eigenvalue weighted by molar-refractivity contribution is 0.0157. The second-order valence-electron chi connectivity index (χ2n) is 6.22. The van der Waals surface area contributed by atoms with Crippen molar-refractivity contribution in [2.24, 2.45) is 0 Å². The number of halogens is 1. The molecule has 1 aliphatic rings. The summed E-state index contributed by atoms with van der Waals surface area (Å²) in [5, 5.41) is 6.60. The number of rotatable bonds is 5. The lowest BCUT2D eigenvalue weighted by Gasteiger charge is -2.23. The van der Waals surface area contributed by atoms with Crippen molar-refractivity contribution in [3.63, 3.8) is 0 Å². The topological polar surface area (TPSA) is 65.5 Å². The Labute approximate surface area is 156 Å². The fraction of sp³-hybridized carbons (Fsp3) is 0.368. The zero-order valence-electron chi connectivity index (χ0n) is 14.5. The van der Waals surface area contributed by atoms with Crippen molar-refractivity contribution in [3.05, 3.63) is 35.7 Å². The number of methoxy groups -OCH3 is 1. The Morgan fingerprint density at radius 1 is 1.19 bits per heavy atom. The minimum absolute atomic E-state index is 0.193. The van der Waals surface area contributed by atoms with Gasteiger partial charge >= 0.3 is 0 Å². The number of morpholine rings is 1. The van der Waals surface area contributed by atoms with Crippen molar-refractivity contribution in [2.75, 3.05) is 33.4 Å². The van der Waals surface area contributed by atoms with Crippen LogP contribution in [0.2, 0.25) is 5.15 Å². The Morgan fingerprint density at radius 3 is 2.85 bits per heavy atom. The molecule has 0 aliphatic carbocycles. The molecule has 3 aromatic rings. The van der Waals surface area contributed by atoms with Crippen LogP contribution < -0.4 is 14.8 Å². The molecule has 0 amide bonds. The molecule has 1 atom stereocenters. The fourth-order valence-corrected chi connectivity index (χ4v) is 3.35. The van der Waals surface area contributed by atoms with E-state index >= 15 is 0 Å². The smallest absolute Gasteiger partial charge is 0.161 e. The number of nitrogens with zero attached hydrogens (tertiary/aromatic N) is 2. The van der Waals surface area contributed by atoms with Gasteiger partial charge in [0.1, 0.15) is 11.5 Å². The summed E-state index contributed by atoms with van der Waals surface area (Å²) in [6.07, 6.45) is 2.49. The highest BCUT2D eigenvalue weighted by molar-refractivity contribution is 6.34. The molecule has 0 radical (unpaired) electrons. The summed E-state index contributed by atoms with van der Waals surface area (Å²) in [6, 6.07) is 7.88. The molecule has 1 aromatic heterocycles. The van der Waals surface area contributed by atoms with Crippen molar-refractivity contribution in [3.8, 4) is 11.5 Å². The summed E-state index contributed by atoms with van der Waals surface area (Å²) in [5.41, 5.74) is 0.801. The van der Waals surface area contributed by atoms with Gasteiger partial charge in [0, 0.05) is 24.9 Å². The van der Waals surface area contributed by atoms with Crippen molar-refractivity contribution in [1.82, 2.24) is 15.3 Å². The van der Waals surface area contributed by atoms with Crippen LogP contribution in [0.3, 0.4) is 0 Å². The Morgan fingerprint density at radius 2 is 2.04 bits per heavy atom. The monoisotopic (exact) mass is 373 g/mol. The number of nitrogens with one attached hydrogen (secondary N) is 1. The van der Waals surface area contributed by atoms with Gasteiger partial charge in [-0.05, 0) is 35.0 Å². The Kier molecular flexibility index (Phi) is 5.06. The standard InChI is InChI=1S/C19H20ClN3O3/c1-24-17-8-12-6-15-16(22-11-23-19(15)20)7-13(12)9-18(17)26-4-2-14-10-21-3-5-25-14/h6-9,11,14,21H,2-5,10H2,1H3. The van der Waals surface area contributed by atoms with Crippen LogP contribution >= 0.6 is 11.6 Å². The summed E-state index contributed by atoms with van der Waals surface area (Å²) in [7, 11) is 1.64. The SMILES string of the molecule is COc1cc2cc3c(Cl)ncnc3cc2cc1OCCC1CNCCO1. The van der Waals surface area contributed by atoms with Crippen molar-refractivity contribution < 1.29 is 14.2 Å². The van der Waals surface area contributed by atoms with E-state index in [9.17, 15) is 0 Å². The largest absolute Gasteiger partial charge is 0.493 e. The predicted octanol–water partition coefficient (Wildman–Crippen LogP) is 3.20. The van der Waals surface area contributed by atoms with Gasteiger partial charge in [-0.1, -0.05) is 11.6 Å². The molecule has 26 heavy (non-hydrogen) atoms. The maximum Gasteiger partial charge on any atom is 0.161 e. The molecular formula is C19H20ClN3O3.